The van der Waals surface area contributed by atoms with Crippen LogP contribution in [0, 0.1) is 0 Å². The van der Waals surface area contributed by atoms with Gasteiger partial charge in [0.15, 0.2) is 0 Å². The second kappa shape index (κ2) is 5.62. The van der Waals surface area contributed by atoms with E-state index < -0.39 is 0 Å². The highest BCUT2D eigenvalue weighted by Crippen LogP contribution is 2.24. The van der Waals surface area contributed by atoms with Gasteiger partial charge in [-0.15, -0.1) is 0 Å². The van der Waals surface area contributed by atoms with Crippen LogP contribution in [0.4, 0.5) is 0 Å². The minimum atomic E-state index is -0.318. The predicted molar refractivity (Wildman–Crippen MR) is 67.4 cm³/mol. The molecule has 0 amide bonds. The van der Waals surface area contributed by atoms with Gasteiger partial charge in [0.2, 0.25) is 0 Å². The Morgan fingerprint density at radius 3 is 2.65 bits per heavy atom. The van der Waals surface area contributed by atoms with Crippen molar-refractivity contribution in [3.8, 4) is 0 Å². The van der Waals surface area contributed by atoms with E-state index in [4.69, 9.17) is 4.74 Å². The fourth-order valence-corrected chi connectivity index (χ4v) is 2.18. The summed E-state index contributed by atoms with van der Waals surface area (Å²) >= 11 is 0. The van der Waals surface area contributed by atoms with Crippen LogP contribution in [-0.4, -0.2) is 25.3 Å². The van der Waals surface area contributed by atoms with Gasteiger partial charge in [-0.25, -0.2) is 0 Å². The normalized spacial score (nSPS) is 17.1. The number of rotatable bonds is 3. The zero-order valence-corrected chi connectivity index (χ0v) is 10.1. The van der Waals surface area contributed by atoms with E-state index in [-0.39, 0.29) is 11.9 Å². The van der Waals surface area contributed by atoms with Crippen LogP contribution in [-0.2, 0) is 9.53 Å². The standard InChI is InChI=1S/C14H17NO2/c1-17-14(16)13(11-7-3-2-4-8-11)12-9-5-6-10-15-12/h2-4,7-8,13H,5-6,9-10H2,1H3. The van der Waals surface area contributed by atoms with Gasteiger partial charge in [-0.3, -0.25) is 9.79 Å². The summed E-state index contributed by atoms with van der Waals surface area (Å²) in [6.45, 7) is 0.829. The molecule has 17 heavy (non-hydrogen) atoms. The molecule has 90 valence electrons. The lowest BCUT2D eigenvalue weighted by Gasteiger charge is -2.20. The van der Waals surface area contributed by atoms with Crippen LogP contribution in [0.1, 0.15) is 30.7 Å². The number of aliphatic imine (C=N–C) groups is 1. The Labute approximate surface area is 102 Å². The highest BCUT2D eigenvalue weighted by Gasteiger charge is 2.27. The molecule has 1 aromatic carbocycles. The SMILES string of the molecule is COC(=O)C(C1=NCCCC1)c1ccccc1. The number of benzene rings is 1. The molecule has 3 heteroatoms. The van der Waals surface area contributed by atoms with Crippen LogP contribution < -0.4 is 0 Å². The Bertz CT molecular complexity index is 411. The quantitative estimate of drug-likeness (QED) is 0.750. The topological polar surface area (TPSA) is 38.7 Å². The molecule has 1 aliphatic rings. The largest absolute Gasteiger partial charge is 0.468 e. The van der Waals surface area contributed by atoms with E-state index >= 15 is 0 Å². The molecule has 1 aliphatic heterocycles. The zero-order chi connectivity index (χ0) is 12.1. The van der Waals surface area contributed by atoms with E-state index in [9.17, 15) is 4.79 Å². The van der Waals surface area contributed by atoms with Gasteiger partial charge in [-0.05, 0) is 24.8 Å². The summed E-state index contributed by atoms with van der Waals surface area (Å²) < 4.78 is 4.90. The van der Waals surface area contributed by atoms with Gasteiger partial charge in [0.1, 0.15) is 5.92 Å². The number of hydrogen-bond acceptors (Lipinski definition) is 3. The molecule has 0 saturated carbocycles. The molecule has 0 fully saturated rings. The Balaban J connectivity index is 2.31. The van der Waals surface area contributed by atoms with E-state index in [0.717, 1.165) is 37.1 Å². The van der Waals surface area contributed by atoms with Crippen LogP contribution >= 0.6 is 0 Å². The van der Waals surface area contributed by atoms with Crippen LogP contribution in [0.2, 0.25) is 0 Å². The monoisotopic (exact) mass is 231 g/mol. The van der Waals surface area contributed by atoms with E-state index in [0.29, 0.717) is 0 Å². The van der Waals surface area contributed by atoms with Crippen molar-refractivity contribution in [1.82, 2.24) is 0 Å². The summed E-state index contributed by atoms with van der Waals surface area (Å²) in [6.07, 6.45) is 3.13. The lowest BCUT2D eigenvalue weighted by atomic mass is 9.90. The van der Waals surface area contributed by atoms with Gasteiger partial charge >= 0.3 is 5.97 Å². The predicted octanol–water partition coefficient (Wildman–Crippen LogP) is 2.57. The zero-order valence-electron chi connectivity index (χ0n) is 10.1. The minimum absolute atomic E-state index is 0.211. The lowest BCUT2D eigenvalue weighted by Crippen LogP contribution is -2.25. The molecule has 1 aromatic rings. The number of carbonyl (C=O) groups is 1. The first kappa shape index (κ1) is 11.8. The molecule has 1 unspecified atom stereocenters. The molecule has 1 heterocycles. The summed E-state index contributed by atoms with van der Waals surface area (Å²) in [5.41, 5.74) is 1.94. The maximum atomic E-state index is 11.9. The summed E-state index contributed by atoms with van der Waals surface area (Å²) in [6, 6.07) is 9.74. The van der Waals surface area contributed by atoms with Crippen molar-refractivity contribution in [1.29, 1.82) is 0 Å². The van der Waals surface area contributed by atoms with Gasteiger partial charge in [-0.1, -0.05) is 30.3 Å². The molecule has 0 saturated heterocycles. The number of hydrogen-bond donors (Lipinski definition) is 0. The molecular formula is C14H17NO2. The average molecular weight is 231 g/mol. The Morgan fingerprint density at radius 2 is 2.06 bits per heavy atom. The van der Waals surface area contributed by atoms with Crippen LogP contribution in [0.3, 0.4) is 0 Å². The third-order valence-corrected chi connectivity index (χ3v) is 3.06. The first-order chi connectivity index (χ1) is 8.33. The van der Waals surface area contributed by atoms with E-state index in [1.807, 2.05) is 30.3 Å². The number of ether oxygens (including phenoxy) is 1. The second-order valence-corrected chi connectivity index (χ2v) is 4.20. The van der Waals surface area contributed by atoms with Crippen molar-refractivity contribution in [2.75, 3.05) is 13.7 Å². The van der Waals surface area contributed by atoms with Crippen molar-refractivity contribution in [2.24, 2.45) is 4.99 Å². The molecule has 0 aliphatic carbocycles. The molecule has 0 N–H and O–H groups in total. The molecule has 0 bridgehead atoms. The van der Waals surface area contributed by atoms with E-state index in [2.05, 4.69) is 4.99 Å². The highest BCUT2D eigenvalue weighted by molar-refractivity contribution is 6.07. The number of carbonyl (C=O) groups excluding carboxylic acids is 1. The molecule has 2 rings (SSSR count). The third-order valence-electron chi connectivity index (χ3n) is 3.06. The summed E-state index contributed by atoms with van der Waals surface area (Å²) in [4.78, 5) is 16.4. The van der Waals surface area contributed by atoms with E-state index in [1.165, 1.54) is 7.11 Å². The van der Waals surface area contributed by atoms with E-state index in [1.54, 1.807) is 0 Å². The highest BCUT2D eigenvalue weighted by atomic mass is 16.5. The third kappa shape index (κ3) is 2.73. The number of methoxy groups -OCH3 is 1. The number of nitrogens with zero attached hydrogens (tertiary/aromatic N) is 1. The van der Waals surface area contributed by atoms with Gasteiger partial charge in [0, 0.05) is 12.3 Å². The van der Waals surface area contributed by atoms with Crippen LogP contribution in [0.25, 0.3) is 0 Å². The van der Waals surface area contributed by atoms with Crippen LogP contribution in [0.5, 0.6) is 0 Å². The average Bonchev–Trinajstić information content (AvgIpc) is 2.41. The van der Waals surface area contributed by atoms with Gasteiger partial charge in [0.25, 0.3) is 0 Å². The summed E-state index contributed by atoms with van der Waals surface area (Å²) in [7, 11) is 1.43. The van der Waals surface area contributed by atoms with Crippen LogP contribution in [0.15, 0.2) is 35.3 Å². The van der Waals surface area contributed by atoms with Crippen molar-refractivity contribution >= 4 is 11.7 Å². The van der Waals surface area contributed by atoms with Crippen molar-refractivity contribution in [3.05, 3.63) is 35.9 Å². The summed E-state index contributed by atoms with van der Waals surface area (Å²) in [5, 5.41) is 0. The molecule has 0 spiro atoms. The Kier molecular flexibility index (Phi) is 3.91. The fourth-order valence-electron chi connectivity index (χ4n) is 2.18. The minimum Gasteiger partial charge on any atom is -0.468 e. The molecule has 1 atom stereocenters. The van der Waals surface area contributed by atoms with Crippen molar-refractivity contribution < 1.29 is 9.53 Å². The molecule has 3 nitrogen and oxygen atoms in total. The maximum Gasteiger partial charge on any atom is 0.318 e. The van der Waals surface area contributed by atoms with Gasteiger partial charge < -0.3 is 4.74 Å². The molecule has 0 aromatic heterocycles. The molecule has 0 radical (unpaired) electrons. The molecular weight excluding hydrogens is 214 g/mol. The van der Waals surface area contributed by atoms with Crippen molar-refractivity contribution in [3.63, 3.8) is 0 Å². The smallest absolute Gasteiger partial charge is 0.318 e. The van der Waals surface area contributed by atoms with Gasteiger partial charge in [-0.2, -0.15) is 0 Å². The number of esters is 1. The van der Waals surface area contributed by atoms with Crippen molar-refractivity contribution in [2.45, 2.75) is 25.2 Å². The lowest BCUT2D eigenvalue weighted by molar-refractivity contribution is -0.140. The fraction of sp³-hybridized carbons (Fsp3) is 0.429. The second-order valence-electron chi connectivity index (χ2n) is 4.20. The van der Waals surface area contributed by atoms with Gasteiger partial charge in [0.05, 0.1) is 7.11 Å². The maximum absolute atomic E-state index is 11.9. The first-order valence-electron chi connectivity index (χ1n) is 5.99. The first-order valence-corrected chi connectivity index (χ1v) is 5.99. The summed E-state index contributed by atoms with van der Waals surface area (Å²) in [5.74, 6) is -0.529. The Hall–Kier alpha value is -1.64. The Morgan fingerprint density at radius 1 is 1.29 bits per heavy atom.